The first-order chi connectivity index (χ1) is 3.93. The van der Waals surface area contributed by atoms with Crippen LogP contribution in [-0.2, 0) is 6.54 Å². The predicted molar refractivity (Wildman–Crippen MR) is 30.0 cm³/mol. The summed E-state index contributed by atoms with van der Waals surface area (Å²) in [6.45, 7) is 1.55. The lowest BCUT2D eigenvalue weighted by atomic mass is 10.6. The lowest BCUT2D eigenvalue weighted by Gasteiger charge is -1.82. The van der Waals surface area contributed by atoms with Crippen LogP contribution in [0.1, 0.15) is 0 Å². The molecular weight excluding hydrogens is 102 g/mol. The van der Waals surface area contributed by atoms with Gasteiger partial charge in [-0.25, -0.2) is 0 Å². The third kappa shape index (κ3) is 1.07. The minimum Gasteiger partial charge on any atom is -0.325 e. The van der Waals surface area contributed by atoms with Gasteiger partial charge in [-0.15, -0.1) is 4.68 Å². The van der Waals surface area contributed by atoms with Crippen molar-refractivity contribution in [1.29, 1.82) is 0 Å². The highest BCUT2D eigenvalue weighted by Gasteiger charge is 1.92. The van der Waals surface area contributed by atoms with Crippen molar-refractivity contribution in [2.45, 2.75) is 6.54 Å². The van der Waals surface area contributed by atoms with Crippen LogP contribution in [0.4, 0.5) is 0 Å². The number of H-pyrrole nitrogens is 1. The molecule has 0 aromatic carbocycles. The summed E-state index contributed by atoms with van der Waals surface area (Å²) in [5, 5.41) is 2.97. The summed E-state index contributed by atoms with van der Waals surface area (Å²) in [5.74, 6) is 0. The van der Waals surface area contributed by atoms with Crippen LogP contribution in [0.5, 0.6) is 0 Å². The van der Waals surface area contributed by atoms with Crippen LogP contribution in [0.15, 0.2) is 18.5 Å². The second-order valence-corrected chi connectivity index (χ2v) is 1.62. The molecule has 0 spiro atoms. The topological polar surface area (TPSA) is 45.7 Å². The molecule has 0 amide bonds. The highest BCUT2D eigenvalue weighted by atomic mass is 15.3. The standard InChI is InChI=1S/C5H9N3/c6-2-5-8-4-1-3-7-8/h1,3-4H,2,5-6H2/p+1. The van der Waals surface area contributed by atoms with E-state index < -0.39 is 0 Å². The second-order valence-electron chi connectivity index (χ2n) is 1.62. The third-order valence-corrected chi connectivity index (χ3v) is 0.973. The number of nitrogens with one attached hydrogen (secondary N) is 1. The van der Waals surface area contributed by atoms with Crippen molar-refractivity contribution in [2.75, 3.05) is 6.54 Å². The molecule has 0 unspecified atom stereocenters. The molecule has 0 radical (unpaired) electrons. The molecular formula is C5H10N3+. The monoisotopic (exact) mass is 112 g/mol. The molecule has 0 saturated carbocycles. The Bertz CT molecular complexity index is 133. The fraction of sp³-hybridized carbons (Fsp3) is 0.400. The van der Waals surface area contributed by atoms with Crippen molar-refractivity contribution in [3.05, 3.63) is 18.5 Å². The van der Waals surface area contributed by atoms with Crippen molar-refractivity contribution in [1.82, 2.24) is 5.10 Å². The van der Waals surface area contributed by atoms with Crippen molar-refractivity contribution < 1.29 is 4.68 Å². The highest BCUT2D eigenvalue weighted by Crippen LogP contribution is 1.66. The number of aromatic nitrogens is 2. The van der Waals surface area contributed by atoms with Crippen LogP contribution in [-0.4, -0.2) is 11.6 Å². The van der Waals surface area contributed by atoms with E-state index >= 15 is 0 Å². The summed E-state index contributed by atoms with van der Waals surface area (Å²) < 4.78 is 1.93. The first-order valence-corrected chi connectivity index (χ1v) is 2.66. The van der Waals surface area contributed by atoms with E-state index in [1.165, 1.54) is 0 Å². The number of hydrogen-bond donors (Lipinski definition) is 2. The molecule has 3 nitrogen and oxygen atoms in total. The summed E-state index contributed by atoms with van der Waals surface area (Å²) in [6, 6.07) is 1.94. The molecule has 0 saturated heterocycles. The lowest BCUT2D eigenvalue weighted by molar-refractivity contribution is -0.747. The largest absolute Gasteiger partial charge is 0.325 e. The molecule has 3 heteroatoms. The molecule has 0 atom stereocenters. The Morgan fingerprint density at radius 2 is 2.50 bits per heavy atom. The lowest BCUT2D eigenvalue weighted by Crippen LogP contribution is -2.38. The summed E-state index contributed by atoms with van der Waals surface area (Å²) in [5.41, 5.74) is 5.28. The Hall–Kier alpha value is -0.830. The Balaban J connectivity index is 2.50. The average Bonchev–Trinajstić information content (AvgIpc) is 2.19. The zero-order valence-corrected chi connectivity index (χ0v) is 4.67. The van der Waals surface area contributed by atoms with E-state index in [1.807, 2.05) is 23.1 Å². The van der Waals surface area contributed by atoms with Crippen molar-refractivity contribution in [2.24, 2.45) is 5.73 Å². The van der Waals surface area contributed by atoms with Gasteiger partial charge in [-0.3, -0.25) is 0 Å². The minimum absolute atomic E-state index is 0.686. The molecule has 1 rings (SSSR count). The zero-order chi connectivity index (χ0) is 5.82. The fourth-order valence-electron chi connectivity index (χ4n) is 0.607. The number of hydrogen-bond acceptors (Lipinski definition) is 1. The van der Waals surface area contributed by atoms with E-state index in [0.717, 1.165) is 6.54 Å². The van der Waals surface area contributed by atoms with E-state index in [9.17, 15) is 0 Å². The van der Waals surface area contributed by atoms with Crippen molar-refractivity contribution in [3.63, 3.8) is 0 Å². The van der Waals surface area contributed by atoms with E-state index in [1.54, 1.807) is 0 Å². The first kappa shape index (κ1) is 5.31. The van der Waals surface area contributed by atoms with Gasteiger partial charge in [0.05, 0.1) is 12.7 Å². The van der Waals surface area contributed by atoms with Gasteiger partial charge in [-0.1, -0.05) is 0 Å². The second kappa shape index (κ2) is 2.47. The van der Waals surface area contributed by atoms with Crippen LogP contribution in [0.25, 0.3) is 0 Å². The van der Waals surface area contributed by atoms with Crippen LogP contribution in [0.3, 0.4) is 0 Å². The molecule has 1 aromatic heterocycles. The summed E-state index contributed by atoms with van der Waals surface area (Å²) >= 11 is 0. The molecule has 0 fully saturated rings. The molecule has 1 aromatic rings. The first-order valence-electron chi connectivity index (χ1n) is 2.66. The van der Waals surface area contributed by atoms with Gasteiger partial charge in [0.15, 0.2) is 12.7 Å². The maximum absolute atomic E-state index is 5.28. The smallest absolute Gasteiger partial charge is 0.195 e. The van der Waals surface area contributed by atoms with Crippen LogP contribution in [0.2, 0.25) is 0 Å². The molecule has 0 aliphatic heterocycles. The van der Waals surface area contributed by atoms with Gasteiger partial charge in [-0.05, 0) is 0 Å². The fourth-order valence-corrected chi connectivity index (χ4v) is 0.607. The zero-order valence-electron chi connectivity index (χ0n) is 4.67. The maximum Gasteiger partial charge on any atom is 0.195 e. The Morgan fingerprint density at radius 1 is 1.62 bits per heavy atom. The molecule has 0 aliphatic carbocycles. The predicted octanol–water partition coefficient (Wildman–Crippen LogP) is -0.739. The van der Waals surface area contributed by atoms with Gasteiger partial charge < -0.3 is 5.73 Å². The Labute approximate surface area is 48.1 Å². The van der Waals surface area contributed by atoms with Gasteiger partial charge in [0.2, 0.25) is 0 Å². The van der Waals surface area contributed by atoms with Crippen LogP contribution < -0.4 is 10.4 Å². The van der Waals surface area contributed by atoms with Gasteiger partial charge in [0, 0.05) is 6.07 Å². The third-order valence-electron chi connectivity index (χ3n) is 0.973. The summed E-state index contributed by atoms with van der Waals surface area (Å²) in [6.07, 6.45) is 3.82. The number of nitrogens with zero attached hydrogens (tertiary/aromatic N) is 1. The number of nitrogens with two attached hydrogens (primary N) is 1. The number of rotatable bonds is 2. The average molecular weight is 112 g/mol. The molecule has 1 heterocycles. The minimum atomic E-state index is 0.686. The Morgan fingerprint density at radius 3 is 3.00 bits per heavy atom. The molecule has 3 N–H and O–H groups in total. The van der Waals surface area contributed by atoms with Crippen LogP contribution >= 0.6 is 0 Å². The van der Waals surface area contributed by atoms with E-state index in [2.05, 4.69) is 5.10 Å². The summed E-state index contributed by atoms with van der Waals surface area (Å²) in [7, 11) is 0. The Kier molecular flexibility index (Phi) is 1.64. The molecule has 8 heavy (non-hydrogen) atoms. The van der Waals surface area contributed by atoms with Gasteiger partial charge >= 0.3 is 0 Å². The molecule has 0 aliphatic rings. The normalized spacial score (nSPS) is 9.62. The highest BCUT2D eigenvalue weighted by molar-refractivity contribution is 4.66. The van der Waals surface area contributed by atoms with E-state index in [4.69, 9.17) is 5.73 Å². The number of aromatic amines is 1. The molecule has 0 bridgehead atoms. The quantitative estimate of drug-likeness (QED) is 0.486. The summed E-state index contributed by atoms with van der Waals surface area (Å²) in [4.78, 5) is 0. The van der Waals surface area contributed by atoms with Crippen molar-refractivity contribution in [3.8, 4) is 0 Å². The maximum atomic E-state index is 5.28. The van der Waals surface area contributed by atoms with E-state index in [0.29, 0.717) is 6.54 Å². The van der Waals surface area contributed by atoms with Gasteiger partial charge in [0.1, 0.15) is 0 Å². The van der Waals surface area contributed by atoms with E-state index in [-0.39, 0.29) is 0 Å². The van der Waals surface area contributed by atoms with Gasteiger partial charge in [0.25, 0.3) is 0 Å². The van der Waals surface area contributed by atoms with Gasteiger partial charge in [-0.2, -0.15) is 5.10 Å². The SMILES string of the molecule is NCC[n+]1ccc[nH]1. The van der Waals surface area contributed by atoms with Crippen LogP contribution in [0, 0.1) is 0 Å². The van der Waals surface area contributed by atoms with Crippen molar-refractivity contribution >= 4 is 0 Å². The molecule has 44 valence electrons.